The largest absolute Gasteiger partial charge is 0.480 e. The maximum atomic E-state index is 12.8. The lowest BCUT2D eigenvalue weighted by atomic mass is 10.0. The molecule has 0 radical (unpaired) electrons. The van der Waals surface area contributed by atoms with Crippen LogP contribution in [0.15, 0.2) is 30.3 Å². The summed E-state index contributed by atoms with van der Waals surface area (Å²) in [6, 6.07) is 6.10. The molecule has 0 aliphatic heterocycles. The summed E-state index contributed by atoms with van der Waals surface area (Å²) in [6.45, 7) is 0.578. The predicted molar refractivity (Wildman–Crippen MR) is 124 cm³/mol. The summed E-state index contributed by atoms with van der Waals surface area (Å²) in [5, 5.41) is 18.6. The Morgan fingerprint density at radius 3 is 2.21 bits per heavy atom. The van der Waals surface area contributed by atoms with Gasteiger partial charge in [-0.1, -0.05) is 30.3 Å². The lowest BCUT2D eigenvalue weighted by Gasteiger charge is -2.23. The van der Waals surface area contributed by atoms with Crippen molar-refractivity contribution in [1.29, 1.82) is 0 Å². The Bertz CT molecular complexity index is 823. The van der Waals surface area contributed by atoms with Crippen molar-refractivity contribution < 1.29 is 29.1 Å². The number of carboxylic acids is 1. The molecule has 1 rings (SSSR count). The second-order valence-corrected chi connectivity index (χ2v) is 8.18. The average Bonchev–Trinajstić information content (AvgIpc) is 2.79. The van der Waals surface area contributed by atoms with Crippen molar-refractivity contribution in [2.24, 2.45) is 5.73 Å². The number of carbonyl (C=O) groups is 5. The van der Waals surface area contributed by atoms with E-state index in [1.165, 1.54) is 18.7 Å². The molecule has 0 aliphatic rings. The summed E-state index contributed by atoms with van der Waals surface area (Å²) >= 11 is 1.46. The van der Waals surface area contributed by atoms with Crippen LogP contribution in [0.5, 0.6) is 0 Å². The first kappa shape index (κ1) is 27.9. The van der Waals surface area contributed by atoms with E-state index in [4.69, 9.17) is 10.8 Å². The van der Waals surface area contributed by atoms with Crippen LogP contribution in [0.1, 0.15) is 18.9 Å². The summed E-state index contributed by atoms with van der Waals surface area (Å²) in [4.78, 5) is 60.1. The lowest BCUT2D eigenvalue weighted by molar-refractivity contribution is -0.138. The quantitative estimate of drug-likeness (QED) is 0.188. The minimum atomic E-state index is -1.21. The highest BCUT2D eigenvalue weighted by atomic mass is 32.2. The first-order chi connectivity index (χ1) is 15.7. The van der Waals surface area contributed by atoms with Gasteiger partial charge in [0.2, 0.25) is 23.6 Å². The summed E-state index contributed by atoms with van der Waals surface area (Å²) in [6.07, 6.45) is 2.31. The normalized spacial score (nSPS) is 13.2. The third-order valence-corrected chi connectivity index (χ3v) is 5.17. The van der Waals surface area contributed by atoms with Gasteiger partial charge in [0.15, 0.2) is 0 Å². The number of rotatable bonds is 14. The zero-order chi connectivity index (χ0) is 24.8. The van der Waals surface area contributed by atoms with Crippen LogP contribution in [0, 0.1) is 0 Å². The molecule has 182 valence electrons. The minimum Gasteiger partial charge on any atom is -0.480 e. The molecule has 0 saturated heterocycles. The highest BCUT2D eigenvalue weighted by Gasteiger charge is 2.27. The van der Waals surface area contributed by atoms with E-state index in [0.29, 0.717) is 5.75 Å². The van der Waals surface area contributed by atoms with Gasteiger partial charge in [-0.15, -0.1) is 0 Å². The van der Waals surface area contributed by atoms with Crippen molar-refractivity contribution in [3.05, 3.63) is 35.9 Å². The standard InChI is InChI=1S/C21H31N5O6S/c1-13(19(30)26-15(8-9-33-2)20(31)23-12-18(28)29)24-21(32)16(25-17(27)11-22)10-14-6-4-3-5-7-14/h3-7,13,15-16H,8-12,22H2,1-2H3,(H,23,31)(H,24,32)(H,25,27)(H,26,30)(H,28,29). The second kappa shape index (κ2) is 14.9. The molecular weight excluding hydrogens is 450 g/mol. The van der Waals surface area contributed by atoms with Gasteiger partial charge in [0.25, 0.3) is 0 Å². The van der Waals surface area contributed by atoms with Crippen molar-refractivity contribution in [2.75, 3.05) is 25.1 Å². The van der Waals surface area contributed by atoms with E-state index in [0.717, 1.165) is 5.56 Å². The van der Waals surface area contributed by atoms with Crippen LogP contribution in [0.25, 0.3) is 0 Å². The summed E-state index contributed by atoms with van der Waals surface area (Å²) < 4.78 is 0. The van der Waals surface area contributed by atoms with Crippen LogP contribution in [0.3, 0.4) is 0 Å². The molecule has 33 heavy (non-hydrogen) atoms. The van der Waals surface area contributed by atoms with Gasteiger partial charge in [0, 0.05) is 6.42 Å². The molecule has 0 aliphatic carbocycles. The van der Waals surface area contributed by atoms with E-state index in [1.807, 2.05) is 12.3 Å². The molecule has 0 saturated carbocycles. The molecule has 3 unspecified atom stereocenters. The van der Waals surface area contributed by atoms with Gasteiger partial charge in [-0.05, 0) is 30.9 Å². The Hall–Kier alpha value is -3.12. The SMILES string of the molecule is CSCCC(NC(=O)C(C)NC(=O)C(Cc1ccccc1)NC(=O)CN)C(=O)NCC(=O)O. The van der Waals surface area contributed by atoms with E-state index >= 15 is 0 Å². The molecule has 12 heteroatoms. The van der Waals surface area contributed by atoms with Gasteiger partial charge in [-0.3, -0.25) is 24.0 Å². The fourth-order valence-electron chi connectivity index (χ4n) is 2.78. The number of aliphatic carboxylic acids is 1. The molecule has 3 atom stereocenters. The molecule has 0 fully saturated rings. The zero-order valence-electron chi connectivity index (χ0n) is 18.6. The topological polar surface area (TPSA) is 180 Å². The van der Waals surface area contributed by atoms with Crippen molar-refractivity contribution in [3.8, 4) is 0 Å². The Labute approximate surface area is 196 Å². The molecule has 1 aromatic carbocycles. The molecule has 7 N–H and O–H groups in total. The molecule has 0 aromatic heterocycles. The van der Waals surface area contributed by atoms with Gasteiger partial charge in [0.05, 0.1) is 6.54 Å². The monoisotopic (exact) mass is 481 g/mol. The van der Waals surface area contributed by atoms with Crippen LogP contribution in [-0.2, 0) is 30.4 Å². The highest BCUT2D eigenvalue weighted by Crippen LogP contribution is 2.05. The first-order valence-electron chi connectivity index (χ1n) is 10.3. The summed E-state index contributed by atoms with van der Waals surface area (Å²) in [5.41, 5.74) is 6.15. The van der Waals surface area contributed by atoms with Gasteiger partial charge in [-0.25, -0.2) is 0 Å². The van der Waals surface area contributed by atoms with Gasteiger partial charge in [0.1, 0.15) is 24.7 Å². The fourth-order valence-corrected chi connectivity index (χ4v) is 3.25. The van der Waals surface area contributed by atoms with E-state index in [1.54, 1.807) is 24.3 Å². The molecular formula is C21H31N5O6S. The molecule has 4 amide bonds. The number of amides is 4. The second-order valence-electron chi connectivity index (χ2n) is 7.20. The number of nitrogens with one attached hydrogen (secondary N) is 4. The third-order valence-electron chi connectivity index (χ3n) is 4.53. The molecule has 0 spiro atoms. The number of hydrogen-bond acceptors (Lipinski definition) is 7. The maximum absolute atomic E-state index is 12.8. The summed E-state index contributed by atoms with van der Waals surface area (Å²) in [7, 11) is 0. The van der Waals surface area contributed by atoms with E-state index < -0.39 is 54.3 Å². The highest BCUT2D eigenvalue weighted by molar-refractivity contribution is 7.98. The van der Waals surface area contributed by atoms with Crippen molar-refractivity contribution in [2.45, 2.75) is 37.9 Å². The predicted octanol–water partition coefficient (Wildman–Crippen LogP) is -1.38. The van der Waals surface area contributed by atoms with Crippen LogP contribution >= 0.6 is 11.8 Å². The Balaban J connectivity index is 2.80. The van der Waals surface area contributed by atoms with E-state index in [-0.39, 0.29) is 19.4 Å². The van der Waals surface area contributed by atoms with Gasteiger partial charge >= 0.3 is 5.97 Å². The van der Waals surface area contributed by atoms with Gasteiger partial charge < -0.3 is 32.1 Å². The molecule has 0 heterocycles. The lowest BCUT2D eigenvalue weighted by Crippen LogP contribution is -2.56. The Morgan fingerprint density at radius 1 is 0.970 bits per heavy atom. The Kier molecular flexibility index (Phi) is 12.6. The molecule has 1 aromatic rings. The Morgan fingerprint density at radius 2 is 1.64 bits per heavy atom. The van der Waals surface area contributed by atoms with Crippen LogP contribution < -0.4 is 27.0 Å². The number of hydrogen-bond donors (Lipinski definition) is 6. The van der Waals surface area contributed by atoms with E-state index in [9.17, 15) is 24.0 Å². The number of benzene rings is 1. The average molecular weight is 482 g/mol. The number of carbonyl (C=O) groups excluding carboxylic acids is 4. The minimum absolute atomic E-state index is 0.195. The number of carboxylic acid groups (broad SMARTS) is 1. The molecule has 0 bridgehead atoms. The maximum Gasteiger partial charge on any atom is 0.322 e. The zero-order valence-corrected chi connectivity index (χ0v) is 19.4. The smallest absolute Gasteiger partial charge is 0.322 e. The first-order valence-corrected chi connectivity index (χ1v) is 11.7. The van der Waals surface area contributed by atoms with Crippen LogP contribution in [0.4, 0.5) is 0 Å². The van der Waals surface area contributed by atoms with E-state index in [2.05, 4.69) is 21.3 Å². The number of thioether (sulfide) groups is 1. The number of nitrogens with two attached hydrogens (primary N) is 1. The van der Waals surface area contributed by atoms with Crippen molar-refractivity contribution >= 4 is 41.4 Å². The van der Waals surface area contributed by atoms with Gasteiger partial charge in [-0.2, -0.15) is 11.8 Å². The van der Waals surface area contributed by atoms with Crippen LogP contribution in [0.2, 0.25) is 0 Å². The molecule has 11 nitrogen and oxygen atoms in total. The third kappa shape index (κ3) is 10.8. The van der Waals surface area contributed by atoms with Crippen molar-refractivity contribution in [1.82, 2.24) is 21.3 Å². The van der Waals surface area contributed by atoms with Crippen molar-refractivity contribution in [3.63, 3.8) is 0 Å². The summed E-state index contributed by atoms with van der Waals surface area (Å²) in [5.74, 6) is -3.01. The fraction of sp³-hybridized carbons (Fsp3) is 0.476. The van der Waals surface area contributed by atoms with Crippen LogP contribution in [-0.4, -0.2) is 77.9 Å².